The summed E-state index contributed by atoms with van der Waals surface area (Å²) in [4.78, 5) is 11.4. The van der Waals surface area contributed by atoms with Crippen molar-refractivity contribution in [3.8, 4) is 0 Å². The molecule has 0 heterocycles. The molecule has 0 saturated carbocycles. The van der Waals surface area contributed by atoms with Crippen LogP contribution in [0.1, 0.15) is 19.4 Å². The summed E-state index contributed by atoms with van der Waals surface area (Å²) in [5.41, 5.74) is 1.31. The van der Waals surface area contributed by atoms with Crippen LogP contribution < -0.4 is 10.6 Å². The summed E-state index contributed by atoms with van der Waals surface area (Å²) >= 11 is 0. The Labute approximate surface area is 95.0 Å². The van der Waals surface area contributed by atoms with Crippen LogP contribution in [-0.4, -0.2) is 18.5 Å². The molecule has 16 heavy (non-hydrogen) atoms. The van der Waals surface area contributed by atoms with E-state index in [1.807, 2.05) is 13.8 Å². The average Bonchev–Trinajstić information content (AvgIpc) is 2.23. The Morgan fingerprint density at radius 2 is 2.19 bits per heavy atom. The van der Waals surface area contributed by atoms with E-state index in [0.717, 1.165) is 5.56 Å². The summed E-state index contributed by atoms with van der Waals surface area (Å²) in [6.45, 7) is 5.99. The minimum Gasteiger partial charge on any atom is -0.372 e. The number of carbonyl (C=O) groups is 1. The Morgan fingerprint density at radius 1 is 1.50 bits per heavy atom. The maximum absolute atomic E-state index is 13.4. The van der Waals surface area contributed by atoms with Crippen molar-refractivity contribution in [2.75, 3.05) is 11.9 Å². The molecule has 1 aromatic rings. The van der Waals surface area contributed by atoms with Gasteiger partial charge in [-0.15, -0.1) is 0 Å². The number of benzene rings is 1. The van der Waals surface area contributed by atoms with Gasteiger partial charge >= 0.3 is 0 Å². The summed E-state index contributed by atoms with van der Waals surface area (Å²) in [5.74, 6) is -0.481. The van der Waals surface area contributed by atoms with E-state index in [1.54, 1.807) is 19.1 Å². The molecule has 0 radical (unpaired) electrons. The minimum atomic E-state index is -0.448. The number of nitrogens with one attached hydrogen (secondary N) is 2. The van der Waals surface area contributed by atoms with Crippen LogP contribution in [0.2, 0.25) is 0 Å². The Balaban J connectivity index is 2.72. The van der Waals surface area contributed by atoms with Crippen LogP contribution in [0.3, 0.4) is 0 Å². The van der Waals surface area contributed by atoms with Crippen molar-refractivity contribution < 1.29 is 9.18 Å². The molecule has 0 bridgehead atoms. The van der Waals surface area contributed by atoms with Crippen LogP contribution in [0.15, 0.2) is 18.2 Å². The third-order valence-corrected chi connectivity index (χ3v) is 2.24. The van der Waals surface area contributed by atoms with Crippen LogP contribution in [0.25, 0.3) is 0 Å². The number of hydrogen-bond acceptors (Lipinski definition) is 2. The molecular formula is C12H17FN2O. The van der Waals surface area contributed by atoms with Crippen molar-refractivity contribution >= 4 is 11.6 Å². The van der Waals surface area contributed by atoms with E-state index < -0.39 is 6.04 Å². The molecule has 0 fully saturated rings. The fourth-order valence-corrected chi connectivity index (χ4v) is 1.38. The standard InChI is InChI=1S/C12H17FN2O/c1-4-14-12(16)9(3)15-11-7-8(2)5-6-10(11)13/h5-7,9,15H,4H2,1-3H3,(H,14,16). The van der Waals surface area contributed by atoms with Gasteiger partial charge in [-0.2, -0.15) is 0 Å². The molecule has 1 unspecified atom stereocenters. The van der Waals surface area contributed by atoms with E-state index in [9.17, 15) is 9.18 Å². The zero-order valence-electron chi connectivity index (χ0n) is 9.80. The SMILES string of the molecule is CCNC(=O)C(C)Nc1cc(C)ccc1F. The Morgan fingerprint density at radius 3 is 2.81 bits per heavy atom. The van der Waals surface area contributed by atoms with Crippen molar-refractivity contribution in [2.24, 2.45) is 0 Å². The molecule has 1 atom stereocenters. The maximum atomic E-state index is 13.4. The van der Waals surface area contributed by atoms with Crippen LogP contribution >= 0.6 is 0 Å². The Kier molecular flexibility index (Phi) is 4.28. The average molecular weight is 224 g/mol. The van der Waals surface area contributed by atoms with Crippen molar-refractivity contribution in [1.82, 2.24) is 5.32 Å². The number of carbonyl (C=O) groups excluding carboxylic acids is 1. The molecule has 0 saturated heterocycles. The highest BCUT2D eigenvalue weighted by Gasteiger charge is 2.13. The van der Waals surface area contributed by atoms with E-state index in [1.165, 1.54) is 6.07 Å². The number of likely N-dealkylation sites (N-methyl/N-ethyl adjacent to an activating group) is 1. The highest BCUT2D eigenvalue weighted by atomic mass is 19.1. The predicted molar refractivity (Wildman–Crippen MR) is 62.9 cm³/mol. The quantitative estimate of drug-likeness (QED) is 0.822. The topological polar surface area (TPSA) is 41.1 Å². The molecule has 4 heteroatoms. The van der Waals surface area contributed by atoms with Gasteiger partial charge in [0.15, 0.2) is 0 Å². The van der Waals surface area contributed by atoms with Crippen molar-refractivity contribution in [1.29, 1.82) is 0 Å². The number of amides is 1. The lowest BCUT2D eigenvalue weighted by Crippen LogP contribution is -2.37. The first-order chi connectivity index (χ1) is 7.54. The molecule has 1 aromatic carbocycles. The minimum absolute atomic E-state index is 0.136. The highest BCUT2D eigenvalue weighted by Crippen LogP contribution is 2.16. The Hall–Kier alpha value is -1.58. The van der Waals surface area contributed by atoms with Gasteiger partial charge in [0.2, 0.25) is 5.91 Å². The number of hydrogen-bond donors (Lipinski definition) is 2. The lowest BCUT2D eigenvalue weighted by atomic mass is 10.2. The van der Waals surface area contributed by atoms with E-state index in [2.05, 4.69) is 10.6 Å². The molecule has 0 aliphatic carbocycles. The number of aryl methyl sites for hydroxylation is 1. The molecule has 1 rings (SSSR count). The van der Waals surface area contributed by atoms with Crippen LogP contribution in [-0.2, 0) is 4.79 Å². The van der Waals surface area contributed by atoms with Gasteiger partial charge in [0.1, 0.15) is 11.9 Å². The van der Waals surface area contributed by atoms with Gasteiger partial charge < -0.3 is 10.6 Å². The fraction of sp³-hybridized carbons (Fsp3) is 0.417. The molecule has 3 nitrogen and oxygen atoms in total. The first kappa shape index (κ1) is 12.5. The molecule has 0 aromatic heterocycles. The summed E-state index contributed by atoms with van der Waals surface area (Å²) in [6, 6.07) is 4.32. The third kappa shape index (κ3) is 3.22. The number of rotatable bonds is 4. The smallest absolute Gasteiger partial charge is 0.242 e. The van der Waals surface area contributed by atoms with Gasteiger partial charge in [-0.25, -0.2) is 4.39 Å². The third-order valence-electron chi connectivity index (χ3n) is 2.24. The lowest BCUT2D eigenvalue weighted by Gasteiger charge is -2.15. The van der Waals surface area contributed by atoms with Crippen LogP contribution in [0.5, 0.6) is 0 Å². The van der Waals surface area contributed by atoms with E-state index >= 15 is 0 Å². The fourth-order valence-electron chi connectivity index (χ4n) is 1.38. The van der Waals surface area contributed by atoms with Gasteiger partial charge in [-0.1, -0.05) is 6.07 Å². The molecular weight excluding hydrogens is 207 g/mol. The van der Waals surface area contributed by atoms with E-state index in [-0.39, 0.29) is 11.7 Å². The zero-order valence-corrected chi connectivity index (χ0v) is 9.80. The van der Waals surface area contributed by atoms with Crippen LogP contribution in [0, 0.1) is 12.7 Å². The summed E-state index contributed by atoms with van der Waals surface area (Å²) in [5, 5.41) is 5.52. The molecule has 0 spiro atoms. The highest BCUT2D eigenvalue weighted by molar-refractivity contribution is 5.84. The largest absolute Gasteiger partial charge is 0.372 e. The molecule has 88 valence electrons. The zero-order chi connectivity index (χ0) is 12.1. The van der Waals surface area contributed by atoms with E-state index in [4.69, 9.17) is 0 Å². The Bertz CT molecular complexity index is 379. The molecule has 0 aliphatic rings. The van der Waals surface area contributed by atoms with Crippen molar-refractivity contribution in [3.05, 3.63) is 29.6 Å². The number of halogens is 1. The van der Waals surface area contributed by atoms with Gasteiger partial charge in [0, 0.05) is 6.54 Å². The molecule has 2 N–H and O–H groups in total. The normalized spacial score (nSPS) is 12.0. The number of anilines is 1. The van der Waals surface area contributed by atoms with Gasteiger partial charge in [0.05, 0.1) is 5.69 Å². The second-order valence-electron chi connectivity index (χ2n) is 3.74. The first-order valence-corrected chi connectivity index (χ1v) is 5.35. The second kappa shape index (κ2) is 5.49. The van der Waals surface area contributed by atoms with Crippen molar-refractivity contribution in [3.63, 3.8) is 0 Å². The van der Waals surface area contributed by atoms with Gasteiger partial charge in [-0.3, -0.25) is 4.79 Å². The lowest BCUT2D eigenvalue weighted by molar-refractivity contribution is -0.121. The second-order valence-corrected chi connectivity index (χ2v) is 3.74. The van der Waals surface area contributed by atoms with Gasteiger partial charge in [0.25, 0.3) is 0 Å². The summed E-state index contributed by atoms with van der Waals surface area (Å²) < 4.78 is 13.4. The van der Waals surface area contributed by atoms with Gasteiger partial charge in [-0.05, 0) is 38.5 Å². The monoisotopic (exact) mass is 224 g/mol. The summed E-state index contributed by atoms with van der Waals surface area (Å²) in [7, 11) is 0. The first-order valence-electron chi connectivity index (χ1n) is 5.35. The molecule has 1 amide bonds. The van der Waals surface area contributed by atoms with Crippen LogP contribution in [0.4, 0.5) is 10.1 Å². The molecule has 0 aliphatic heterocycles. The van der Waals surface area contributed by atoms with E-state index in [0.29, 0.717) is 12.2 Å². The predicted octanol–water partition coefficient (Wildman–Crippen LogP) is 2.07. The summed E-state index contributed by atoms with van der Waals surface area (Å²) in [6.07, 6.45) is 0. The van der Waals surface area contributed by atoms with Crippen molar-refractivity contribution in [2.45, 2.75) is 26.8 Å². The maximum Gasteiger partial charge on any atom is 0.242 e.